The average Bonchev–Trinajstić information content (AvgIpc) is 2.89. The van der Waals surface area contributed by atoms with Crippen LogP contribution in [0.1, 0.15) is 11.1 Å². The van der Waals surface area contributed by atoms with Crippen LogP contribution in [0.15, 0.2) is 119 Å². The van der Waals surface area contributed by atoms with Crippen molar-refractivity contribution in [2.75, 3.05) is 11.5 Å². The number of pyridine rings is 1. The molecule has 5 rings (SSSR count). The molecule has 0 amide bonds. The van der Waals surface area contributed by atoms with E-state index in [0.29, 0.717) is 17.7 Å². The van der Waals surface area contributed by atoms with Crippen molar-refractivity contribution in [3.63, 3.8) is 0 Å². The summed E-state index contributed by atoms with van der Waals surface area (Å²) in [6.07, 6.45) is 3.70. The van der Waals surface area contributed by atoms with Crippen molar-refractivity contribution in [2.24, 2.45) is 0 Å². The quantitative estimate of drug-likeness (QED) is 0.261. The lowest BCUT2D eigenvalue weighted by Crippen LogP contribution is -2.34. The van der Waals surface area contributed by atoms with Crippen LogP contribution in [-0.4, -0.2) is 11.7 Å². The van der Waals surface area contributed by atoms with Gasteiger partial charge in [-0.05, 0) is 29.3 Å². The molecule has 2 aromatic heterocycles. The first-order chi connectivity index (χ1) is 17.2. The molecular weight excluding hydrogens is 436 g/mol. The van der Waals surface area contributed by atoms with Crippen LogP contribution >= 0.6 is 0 Å². The van der Waals surface area contributed by atoms with Crippen LogP contribution in [0.25, 0.3) is 22.1 Å². The molecule has 0 unspecified atom stereocenters. The smallest absolute Gasteiger partial charge is 0.344 e. The second-order valence-electron chi connectivity index (χ2n) is 8.55. The van der Waals surface area contributed by atoms with Gasteiger partial charge in [0.05, 0.1) is 5.56 Å². The average molecular weight is 464 g/mol. The normalized spacial score (nSPS) is 11.0. The number of aliphatic hydroxyl groups excluding tert-OH is 1. The molecule has 0 saturated heterocycles. The minimum Gasteiger partial charge on any atom is -0.422 e. The summed E-state index contributed by atoms with van der Waals surface area (Å²) in [5.74, 6) is 0. The highest BCUT2D eigenvalue weighted by Gasteiger charge is 2.13. The fourth-order valence-electron chi connectivity index (χ4n) is 4.25. The molecule has 0 aliphatic rings. The topological polar surface area (TPSA) is 57.6 Å². The van der Waals surface area contributed by atoms with Gasteiger partial charge in [0, 0.05) is 47.9 Å². The second-order valence-corrected chi connectivity index (χ2v) is 8.55. The van der Waals surface area contributed by atoms with Gasteiger partial charge in [0.2, 0.25) is 0 Å². The van der Waals surface area contributed by atoms with Crippen LogP contribution in [0.5, 0.6) is 0 Å². The van der Waals surface area contributed by atoms with Gasteiger partial charge in [0.15, 0.2) is 18.9 Å². The second kappa shape index (κ2) is 10.4. The van der Waals surface area contributed by atoms with Gasteiger partial charge < -0.3 is 14.4 Å². The van der Waals surface area contributed by atoms with Crippen molar-refractivity contribution in [3.8, 4) is 11.1 Å². The number of hydrogen-bond donors (Lipinski definition) is 1. The molecule has 0 aliphatic carbocycles. The van der Waals surface area contributed by atoms with Gasteiger partial charge in [-0.25, -0.2) is 9.36 Å². The Morgan fingerprint density at radius 2 is 1.40 bits per heavy atom. The van der Waals surface area contributed by atoms with Gasteiger partial charge in [-0.2, -0.15) is 0 Å². The lowest BCUT2D eigenvalue weighted by Gasteiger charge is -2.25. The number of fused-ring (bicyclic) bond motifs is 1. The molecule has 0 atom stereocenters. The van der Waals surface area contributed by atoms with Crippen molar-refractivity contribution in [3.05, 3.63) is 131 Å². The molecule has 0 saturated carbocycles. The van der Waals surface area contributed by atoms with E-state index in [4.69, 9.17) is 9.52 Å². The molecule has 3 aromatic carbocycles. The maximum Gasteiger partial charge on any atom is 0.344 e. The molecule has 5 aromatic rings. The van der Waals surface area contributed by atoms with Gasteiger partial charge in [0.25, 0.3) is 0 Å². The first-order valence-electron chi connectivity index (χ1n) is 11.7. The lowest BCUT2D eigenvalue weighted by atomic mass is 10.1. The van der Waals surface area contributed by atoms with E-state index in [2.05, 4.69) is 35.2 Å². The minimum atomic E-state index is -0.368. The van der Waals surface area contributed by atoms with Crippen LogP contribution in [0, 0.1) is 0 Å². The fourth-order valence-corrected chi connectivity index (χ4v) is 4.25. The number of benzene rings is 3. The number of nitrogens with zero attached hydrogens (tertiary/aromatic N) is 2. The fraction of sp³-hybridized carbons (Fsp3) is 0.133. The summed E-state index contributed by atoms with van der Waals surface area (Å²) in [7, 11) is 0. The molecular formula is C30H27N2O3+. The van der Waals surface area contributed by atoms with Gasteiger partial charge in [-0.15, -0.1) is 0 Å². The van der Waals surface area contributed by atoms with Gasteiger partial charge in [-0.1, -0.05) is 60.7 Å². The number of hydrogen-bond acceptors (Lipinski definition) is 4. The highest BCUT2D eigenvalue weighted by Crippen LogP contribution is 2.27. The molecule has 1 N–H and O–H groups in total. The lowest BCUT2D eigenvalue weighted by molar-refractivity contribution is -0.698. The number of anilines is 1. The predicted molar refractivity (Wildman–Crippen MR) is 138 cm³/mol. The summed E-state index contributed by atoms with van der Waals surface area (Å²) in [5, 5.41) is 9.98. The first kappa shape index (κ1) is 22.6. The van der Waals surface area contributed by atoms with Crippen LogP contribution in [0.2, 0.25) is 0 Å². The van der Waals surface area contributed by atoms with Crippen molar-refractivity contribution in [1.82, 2.24) is 0 Å². The van der Waals surface area contributed by atoms with E-state index in [9.17, 15) is 4.79 Å². The standard InChI is InChI=1S/C30H27N2O3/c33-18-17-31-15-13-25(14-16-31)28-19-26-11-12-27(20-29(26)35-30(28)34)32(21-23-7-3-1-4-8-23)22-24-9-5-2-6-10-24/h1-16,19-20,33H,17-18,21-22H2/q+1. The third-order valence-electron chi connectivity index (χ3n) is 6.08. The summed E-state index contributed by atoms with van der Waals surface area (Å²) >= 11 is 0. The SMILES string of the molecule is O=c1oc2cc(N(Cc3ccccc3)Cc3ccccc3)ccc2cc1-c1cc[n+](CCO)cc1. The summed E-state index contributed by atoms with van der Waals surface area (Å²) in [6.45, 7) is 2.05. The maximum absolute atomic E-state index is 12.9. The molecule has 0 spiro atoms. The zero-order valence-electron chi connectivity index (χ0n) is 19.4. The van der Waals surface area contributed by atoms with E-state index in [1.165, 1.54) is 11.1 Å². The Morgan fingerprint density at radius 3 is 2.00 bits per heavy atom. The van der Waals surface area contributed by atoms with E-state index in [-0.39, 0.29) is 12.2 Å². The largest absolute Gasteiger partial charge is 0.422 e. The Morgan fingerprint density at radius 1 is 0.771 bits per heavy atom. The number of aliphatic hydroxyl groups is 1. The highest BCUT2D eigenvalue weighted by atomic mass is 16.4. The Bertz CT molecular complexity index is 1420. The summed E-state index contributed by atoms with van der Waals surface area (Å²) < 4.78 is 7.65. The molecule has 2 heterocycles. The molecule has 5 heteroatoms. The monoisotopic (exact) mass is 463 g/mol. The van der Waals surface area contributed by atoms with Gasteiger partial charge >= 0.3 is 5.63 Å². The number of aromatic nitrogens is 1. The molecule has 0 aliphatic heterocycles. The van der Waals surface area contributed by atoms with Crippen LogP contribution in [-0.2, 0) is 19.6 Å². The van der Waals surface area contributed by atoms with Gasteiger partial charge in [0.1, 0.15) is 12.2 Å². The third kappa shape index (κ3) is 5.31. The molecule has 5 nitrogen and oxygen atoms in total. The van der Waals surface area contributed by atoms with E-state index < -0.39 is 0 Å². The van der Waals surface area contributed by atoms with Crippen molar-refractivity contribution in [1.29, 1.82) is 0 Å². The Balaban J connectivity index is 1.49. The summed E-state index contributed by atoms with van der Waals surface area (Å²) in [4.78, 5) is 15.2. The van der Waals surface area contributed by atoms with E-state index in [1.807, 2.05) is 83.7 Å². The number of rotatable bonds is 8. The van der Waals surface area contributed by atoms with Crippen molar-refractivity contribution in [2.45, 2.75) is 19.6 Å². The minimum absolute atomic E-state index is 0.0655. The molecule has 0 bridgehead atoms. The Hall–Kier alpha value is -4.22. The summed E-state index contributed by atoms with van der Waals surface area (Å²) in [5.41, 5.74) is 4.91. The zero-order chi connectivity index (χ0) is 24.0. The Kier molecular flexibility index (Phi) is 6.68. The van der Waals surface area contributed by atoms with E-state index in [1.54, 1.807) is 0 Å². The van der Waals surface area contributed by atoms with Crippen LogP contribution in [0.3, 0.4) is 0 Å². The van der Waals surface area contributed by atoms with E-state index >= 15 is 0 Å². The first-order valence-corrected chi connectivity index (χ1v) is 11.7. The summed E-state index contributed by atoms with van der Waals surface area (Å²) in [6, 6.07) is 32.4. The third-order valence-corrected chi connectivity index (χ3v) is 6.08. The van der Waals surface area contributed by atoms with E-state index in [0.717, 1.165) is 29.7 Å². The maximum atomic E-state index is 12.9. The van der Waals surface area contributed by atoms with Gasteiger partial charge in [-0.3, -0.25) is 0 Å². The Labute approximate surface area is 204 Å². The zero-order valence-corrected chi connectivity index (χ0v) is 19.4. The van der Waals surface area contributed by atoms with Crippen LogP contribution in [0.4, 0.5) is 5.69 Å². The molecule has 174 valence electrons. The molecule has 0 fully saturated rings. The van der Waals surface area contributed by atoms with Crippen LogP contribution < -0.4 is 15.1 Å². The van der Waals surface area contributed by atoms with Crippen molar-refractivity contribution >= 4 is 16.7 Å². The molecule has 0 radical (unpaired) electrons. The van der Waals surface area contributed by atoms with Crippen molar-refractivity contribution < 1.29 is 14.1 Å². The highest BCUT2D eigenvalue weighted by molar-refractivity contribution is 5.84. The molecule has 35 heavy (non-hydrogen) atoms. The predicted octanol–water partition coefficient (Wildman–Crippen LogP) is 4.95.